The number of piperidine rings is 1. The Morgan fingerprint density at radius 3 is 2.72 bits per heavy atom. The number of hydrogen-bond acceptors (Lipinski definition) is 6. The molecule has 0 radical (unpaired) electrons. The van der Waals surface area contributed by atoms with Crippen molar-refractivity contribution in [2.45, 2.75) is 57.3 Å². The van der Waals surface area contributed by atoms with Gasteiger partial charge in [-0.3, -0.25) is 0 Å². The summed E-state index contributed by atoms with van der Waals surface area (Å²) in [7, 11) is 1.88. The number of rotatable bonds is 3. The average Bonchev–Trinajstić information content (AvgIpc) is 3.04. The molecule has 2 aliphatic rings. The molecule has 1 amide bonds. The minimum absolute atomic E-state index is 0.0130. The monoisotopic (exact) mass is 442 g/mol. The van der Waals surface area contributed by atoms with E-state index in [2.05, 4.69) is 15.1 Å². The largest absolute Gasteiger partial charge is 0.465 e. The van der Waals surface area contributed by atoms with Gasteiger partial charge in [-0.15, -0.1) is 0 Å². The molecule has 0 aromatic carbocycles. The third-order valence-corrected chi connectivity index (χ3v) is 6.31. The van der Waals surface area contributed by atoms with E-state index in [1.165, 1.54) is 4.90 Å². The van der Waals surface area contributed by atoms with Crippen LogP contribution in [0.5, 0.6) is 0 Å². The van der Waals surface area contributed by atoms with E-state index in [-0.39, 0.29) is 28.7 Å². The van der Waals surface area contributed by atoms with Crippen molar-refractivity contribution >= 4 is 46.1 Å². The Morgan fingerprint density at radius 1 is 1.24 bits per heavy atom. The predicted molar refractivity (Wildman–Crippen MR) is 110 cm³/mol. The minimum atomic E-state index is -0.915. The SMILES string of the molecule is C[C@H]1CC[C@@H](N(C)c2nc(Cl)nc3c2c(Cl)nn3C2CCCCO2)CN1C(=O)O. The number of nitrogens with zero attached hydrogens (tertiary/aromatic N) is 6. The molecule has 3 atom stereocenters. The molecule has 0 bridgehead atoms. The number of likely N-dealkylation sites (N-methyl/N-ethyl adjacent to an activating group) is 1. The van der Waals surface area contributed by atoms with Gasteiger partial charge in [0.1, 0.15) is 11.2 Å². The second-order valence-corrected chi connectivity index (χ2v) is 8.39. The summed E-state index contributed by atoms with van der Waals surface area (Å²) in [6.07, 6.45) is 3.35. The molecule has 2 aromatic heterocycles. The Balaban J connectivity index is 1.72. The van der Waals surface area contributed by atoms with Crippen LogP contribution in [0.1, 0.15) is 45.3 Å². The van der Waals surface area contributed by atoms with Gasteiger partial charge in [0.15, 0.2) is 17.0 Å². The molecule has 2 fully saturated rings. The molecule has 0 saturated carbocycles. The Morgan fingerprint density at radius 2 is 2.03 bits per heavy atom. The van der Waals surface area contributed by atoms with Crippen molar-refractivity contribution in [3.05, 3.63) is 10.4 Å². The maximum absolute atomic E-state index is 11.6. The molecule has 11 heteroatoms. The summed E-state index contributed by atoms with van der Waals surface area (Å²) in [5.74, 6) is 0.553. The molecule has 2 aliphatic heterocycles. The van der Waals surface area contributed by atoms with Gasteiger partial charge in [0, 0.05) is 32.3 Å². The Hall–Kier alpha value is -1.84. The highest BCUT2D eigenvalue weighted by atomic mass is 35.5. The summed E-state index contributed by atoms with van der Waals surface area (Å²) in [6.45, 7) is 2.98. The van der Waals surface area contributed by atoms with Crippen LogP contribution in [0.2, 0.25) is 10.4 Å². The predicted octanol–water partition coefficient (Wildman–Crippen LogP) is 3.80. The maximum atomic E-state index is 11.6. The van der Waals surface area contributed by atoms with Gasteiger partial charge in [-0.05, 0) is 50.6 Å². The molecule has 0 aliphatic carbocycles. The highest BCUT2D eigenvalue weighted by Gasteiger charge is 2.33. The Bertz CT molecular complexity index is 917. The van der Waals surface area contributed by atoms with E-state index in [0.29, 0.717) is 30.0 Å². The number of fused-ring (bicyclic) bond motifs is 1. The summed E-state index contributed by atoms with van der Waals surface area (Å²) in [6, 6.07) is -0.0669. The number of carboxylic acid groups (broad SMARTS) is 1. The highest BCUT2D eigenvalue weighted by molar-refractivity contribution is 6.35. The lowest BCUT2D eigenvalue weighted by Gasteiger charge is -2.40. The van der Waals surface area contributed by atoms with Crippen LogP contribution in [0.15, 0.2) is 0 Å². The number of ether oxygens (including phenoxy) is 1. The number of likely N-dealkylation sites (tertiary alicyclic amines) is 1. The number of aromatic nitrogens is 4. The van der Waals surface area contributed by atoms with Crippen LogP contribution in [0, 0.1) is 0 Å². The first-order chi connectivity index (χ1) is 13.9. The lowest BCUT2D eigenvalue weighted by molar-refractivity contribution is -0.0369. The smallest absolute Gasteiger partial charge is 0.407 e. The summed E-state index contributed by atoms with van der Waals surface area (Å²) >= 11 is 12.7. The van der Waals surface area contributed by atoms with Crippen molar-refractivity contribution in [2.24, 2.45) is 0 Å². The van der Waals surface area contributed by atoms with E-state index in [1.54, 1.807) is 4.68 Å². The normalized spacial score (nSPS) is 25.4. The van der Waals surface area contributed by atoms with Crippen LogP contribution < -0.4 is 4.90 Å². The third-order valence-electron chi connectivity index (χ3n) is 5.88. The molecule has 2 aromatic rings. The summed E-state index contributed by atoms with van der Waals surface area (Å²) in [5.41, 5.74) is 0.531. The van der Waals surface area contributed by atoms with Gasteiger partial charge in [-0.1, -0.05) is 11.6 Å². The fraction of sp³-hybridized carbons (Fsp3) is 0.667. The number of hydrogen-bond donors (Lipinski definition) is 1. The number of amides is 1. The van der Waals surface area contributed by atoms with Crippen molar-refractivity contribution in [3.63, 3.8) is 0 Å². The summed E-state index contributed by atoms with van der Waals surface area (Å²) in [4.78, 5) is 23.8. The number of anilines is 1. The van der Waals surface area contributed by atoms with Crippen molar-refractivity contribution < 1.29 is 14.6 Å². The molecule has 2 saturated heterocycles. The molecule has 4 heterocycles. The quantitative estimate of drug-likeness (QED) is 0.721. The first-order valence-corrected chi connectivity index (χ1v) is 10.6. The fourth-order valence-electron chi connectivity index (χ4n) is 4.17. The highest BCUT2D eigenvalue weighted by Crippen LogP contribution is 2.36. The van der Waals surface area contributed by atoms with Crippen molar-refractivity contribution in [2.75, 3.05) is 25.1 Å². The second kappa shape index (κ2) is 8.12. The zero-order valence-corrected chi connectivity index (χ0v) is 17.9. The molecule has 29 heavy (non-hydrogen) atoms. The minimum Gasteiger partial charge on any atom is -0.465 e. The lowest BCUT2D eigenvalue weighted by Crippen LogP contribution is -2.52. The molecular formula is C18H24Cl2N6O3. The lowest BCUT2D eigenvalue weighted by atomic mass is 9.99. The molecule has 0 spiro atoms. The molecule has 158 valence electrons. The van der Waals surface area contributed by atoms with Gasteiger partial charge >= 0.3 is 6.09 Å². The van der Waals surface area contributed by atoms with Gasteiger partial charge < -0.3 is 19.6 Å². The van der Waals surface area contributed by atoms with Crippen LogP contribution in [0.25, 0.3) is 11.0 Å². The fourth-order valence-corrected chi connectivity index (χ4v) is 4.58. The summed E-state index contributed by atoms with van der Waals surface area (Å²) < 4.78 is 7.54. The Kier molecular flexibility index (Phi) is 5.72. The van der Waals surface area contributed by atoms with Crippen LogP contribution in [0.4, 0.5) is 10.6 Å². The number of carbonyl (C=O) groups is 1. The Labute approximate surface area is 178 Å². The molecule has 1 N–H and O–H groups in total. The standard InChI is InChI=1S/C18H24Cl2N6O3/c1-10-6-7-11(9-25(10)18(27)28)24(2)15-13-14(19)23-26(12-5-3-4-8-29-12)16(13)22-17(20)21-15/h10-12H,3-9H2,1-2H3,(H,27,28)/t10-,11+,12?/m0/s1. The van der Waals surface area contributed by atoms with Gasteiger partial charge in [-0.2, -0.15) is 15.1 Å². The molecule has 9 nitrogen and oxygen atoms in total. The van der Waals surface area contributed by atoms with E-state index in [9.17, 15) is 9.90 Å². The van der Waals surface area contributed by atoms with Gasteiger partial charge in [-0.25, -0.2) is 9.48 Å². The van der Waals surface area contributed by atoms with E-state index >= 15 is 0 Å². The van der Waals surface area contributed by atoms with E-state index in [1.807, 2.05) is 18.9 Å². The van der Waals surface area contributed by atoms with Crippen LogP contribution in [-0.2, 0) is 4.74 Å². The topological polar surface area (TPSA) is 96.6 Å². The van der Waals surface area contributed by atoms with Crippen molar-refractivity contribution in [1.29, 1.82) is 0 Å². The van der Waals surface area contributed by atoms with Gasteiger partial charge in [0.05, 0.1) is 0 Å². The van der Waals surface area contributed by atoms with Crippen LogP contribution >= 0.6 is 23.2 Å². The number of halogens is 2. The van der Waals surface area contributed by atoms with Gasteiger partial charge in [0.25, 0.3) is 0 Å². The van der Waals surface area contributed by atoms with E-state index in [4.69, 9.17) is 27.9 Å². The zero-order chi connectivity index (χ0) is 20.7. The zero-order valence-electron chi connectivity index (χ0n) is 16.4. The van der Waals surface area contributed by atoms with Gasteiger partial charge in [0.2, 0.25) is 5.28 Å². The summed E-state index contributed by atoms with van der Waals surface area (Å²) in [5, 5.41) is 14.9. The van der Waals surface area contributed by atoms with Crippen molar-refractivity contribution in [1.82, 2.24) is 24.6 Å². The molecular weight excluding hydrogens is 419 g/mol. The van der Waals surface area contributed by atoms with E-state index in [0.717, 1.165) is 32.1 Å². The van der Waals surface area contributed by atoms with Crippen LogP contribution in [0.3, 0.4) is 0 Å². The van der Waals surface area contributed by atoms with Crippen molar-refractivity contribution in [3.8, 4) is 0 Å². The molecule has 4 rings (SSSR count). The third kappa shape index (κ3) is 3.83. The first-order valence-electron chi connectivity index (χ1n) is 9.82. The van der Waals surface area contributed by atoms with E-state index < -0.39 is 6.09 Å². The average molecular weight is 443 g/mol. The first kappa shape index (κ1) is 20.4. The maximum Gasteiger partial charge on any atom is 0.407 e. The van der Waals surface area contributed by atoms with Crippen LogP contribution in [-0.4, -0.2) is 68.1 Å². The second-order valence-electron chi connectivity index (χ2n) is 7.70. The molecule has 1 unspecified atom stereocenters.